The molecule has 82 valence electrons. The smallest absolute Gasteiger partial charge is 0.323 e. The number of carbonyl (C=O) groups is 1. The maximum Gasteiger partial charge on any atom is 0.323 e. The van der Waals surface area contributed by atoms with E-state index in [1.54, 1.807) is 0 Å². The number of carboxylic acids is 1. The van der Waals surface area contributed by atoms with Gasteiger partial charge in [0.2, 0.25) is 0 Å². The zero-order chi connectivity index (χ0) is 10.8. The van der Waals surface area contributed by atoms with E-state index in [0.29, 0.717) is 24.7 Å². The molecule has 0 radical (unpaired) electrons. The number of carboxylic acid groups (broad SMARTS) is 1. The summed E-state index contributed by atoms with van der Waals surface area (Å²) in [4.78, 5) is 11.0. The number of nitrogens with two attached hydrogens (primary N) is 1. The highest BCUT2D eigenvalue weighted by Crippen LogP contribution is 2.32. The van der Waals surface area contributed by atoms with E-state index in [1.165, 1.54) is 0 Å². The summed E-state index contributed by atoms with van der Waals surface area (Å²) in [6.07, 6.45) is 4.30. The van der Waals surface area contributed by atoms with Crippen molar-refractivity contribution in [1.82, 2.24) is 0 Å². The van der Waals surface area contributed by atoms with Crippen molar-refractivity contribution < 1.29 is 9.90 Å². The molecule has 1 fully saturated rings. The van der Waals surface area contributed by atoms with Crippen molar-refractivity contribution >= 4 is 5.97 Å². The molecule has 0 aromatic rings. The molecular weight excluding hydrogens is 178 g/mol. The molecule has 0 bridgehead atoms. The van der Waals surface area contributed by atoms with Gasteiger partial charge in [0.25, 0.3) is 0 Å². The molecule has 0 aromatic carbocycles. The summed E-state index contributed by atoms with van der Waals surface area (Å²) in [6, 6.07) is 0. The van der Waals surface area contributed by atoms with Gasteiger partial charge >= 0.3 is 5.97 Å². The average molecular weight is 199 g/mol. The second kappa shape index (κ2) is 4.30. The molecule has 3 heteroatoms. The summed E-state index contributed by atoms with van der Waals surface area (Å²) in [5, 5.41) is 9.02. The summed E-state index contributed by atoms with van der Waals surface area (Å²) in [5.74, 6) is 0.466. The Morgan fingerprint density at radius 1 is 1.43 bits per heavy atom. The van der Waals surface area contributed by atoms with Gasteiger partial charge in [0.05, 0.1) is 0 Å². The largest absolute Gasteiger partial charge is 0.480 e. The number of rotatable bonds is 2. The SMILES string of the molecule is CC(C)C1CCCC(N)(C(=O)O)CC1. The lowest BCUT2D eigenvalue weighted by molar-refractivity contribution is -0.143. The Morgan fingerprint density at radius 3 is 2.57 bits per heavy atom. The molecule has 2 unspecified atom stereocenters. The second-order valence-electron chi connectivity index (χ2n) is 4.90. The third kappa shape index (κ3) is 2.47. The minimum absolute atomic E-state index is 0.630. The second-order valence-corrected chi connectivity index (χ2v) is 4.90. The topological polar surface area (TPSA) is 63.3 Å². The molecule has 3 N–H and O–H groups in total. The van der Waals surface area contributed by atoms with Gasteiger partial charge < -0.3 is 10.8 Å². The van der Waals surface area contributed by atoms with Gasteiger partial charge in [0.15, 0.2) is 0 Å². The molecule has 1 saturated carbocycles. The van der Waals surface area contributed by atoms with Gasteiger partial charge in [-0.05, 0) is 31.1 Å². The first-order valence-corrected chi connectivity index (χ1v) is 5.48. The van der Waals surface area contributed by atoms with Crippen molar-refractivity contribution in [3.05, 3.63) is 0 Å². The monoisotopic (exact) mass is 199 g/mol. The zero-order valence-electron chi connectivity index (χ0n) is 9.12. The fourth-order valence-electron chi connectivity index (χ4n) is 2.27. The van der Waals surface area contributed by atoms with Gasteiger partial charge in [-0.3, -0.25) is 4.79 Å². The summed E-state index contributed by atoms with van der Waals surface area (Å²) < 4.78 is 0. The summed E-state index contributed by atoms with van der Waals surface area (Å²) in [7, 11) is 0. The quantitative estimate of drug-likeness (QED) is 0.669. The number of aliphatic carboxylic acids is 1. The highest BCUT2D eigenvalue weighted by molar-refractivity contribution is 5.78. The van der Waals surface area contributed by atoms with Crippen molar-refractivity contribution in [1.29, 1.82) is 0 Å². The van der Waals surface area contributed by atoms with E-state index >= 15 is 0 Å². The normalized spacial score (nSPS) is 34.1. The van der Waals surface area contributed by atoms with E-state index in [-0.39, 0.29) is 0 Å². The molecule has 0 aliphatic heterocycles. The lowest BCUT2D eigenvalue weighted by Crippen LogP contribution is -2.47. The third-order valence-corrected chi connectivity index (χ3v) is 3.53. The first-order chi connectivity index (χ1) is 6.46. The van der Waals surface area contributed by atoms with Gasteiger partial charge in [-0.25, -0.2) is 0 Å². The average Bonchev–Trinajstić information content (AvgIpc) is 2.28. The Labute approximate surface area is 85.7 Å². The number of hydrogen-bond donors (Lipinski definition) is 2. The Morgan fingerprint density at radius 2 is 2.07 bits per heavy atom. The van der Waals surface area contributed by atoms with Gasteiger partial charge in [0.1, 0.15) is 5.54 Å². The van der Waals surface area contributed by atoms with Crippen LogP contribution in [-0.2, 0) is 4.79 Å². The Hall–Kier alpha value is -0.570. The van der Waals surface area contributed by atoms with Gasteiger partial charge in [-0.15, -0.1) is 0 Å². The Balaban J connectivity index is 2.61. The van der Waals surface area contributed by atoms with Crippen LogP contribution < -0.4 is 5.73 Å². The molecule has 2 atom stereocenters. The predicted octanol–water partition coefficient (Wildman–Crippen LogP) is 2.00. The van der Waals surface area contributed by atoms with Crippen LogP contribution in [0, 0.1) is 11.8 Å². The number of hydrogen-bond acceptors (Lipinski definition) is 2. The van der Waals surface area contributed by atoms with Crippen LogP contribution in [0.4, 0.5) is 0 Å². The molecule has 1 rings (SSSR count). The molecule has 1 aliphatic rings. The highest BCUT2D eigenvalue weighted by Gasteiger charge is 2.36. The molecule has 0 aromatic heterocycles. The standard InChI is InChI=1S/C11H21NO2/c1-8(2)9-4-3-6-11(12,7-5-9)10(13)14/h8-9H,3-7,12H2,1-2H3,(H,13,14). The van der Waals surface area contributed by atoms with Gasteiger partial charge in [-0.2, -0.15) is 0 Å². The fourth-order valence-corrected chi connectivity index (χ4v) is 2.27. The van der Waals surface area contributed by atoms with Crippen LogP contribution in [-0.4, -0.2) is 16.6 Å². The molecule has 0 amide bonds. The first kappa shape index (κ1) is 11.5. The highest BCUT2D eigenvalue weighted by atomic mass is 16.4. The minimum atomic E-state index is -0.955. The van der Waals surface area contributed by atoms with Crippen molar-refractivity contribution in [2.24, 2.45) is 17.6 Å². The lowest BCUT2D eigenvalue weighted by atomic mass is 9.87. The van der Waals surface area contributed by atoms with Crippen LogP contribution in [0.5, 0.6) is 0 Å². The van der Waals surface area contributed by atoms with Crippen LogP contribution >= 0.6 is 0 Å². The van der Waals surface area contributed by atoms with Gasteiger partial charge in [0, 0.05) is 0 Å². The molecule has 0 spiro atoms. The maximum absolute atomic E-state index is 11.0. The van der Waals surface area contributed by atoms with E-state index < -0.39 is 11.5 Å². The third-order valence-electron chi connectivity index (χ3n) is 3.53. The van der Waals surface area contributed by atoms with E-state index in [9.17, 15) is 4.79 Å². The van der Waals surface area contributed by atoms with Crippen LogP contribution in [0.15, 0.2) is 0 Å². The molecule has 1 aliphatic carbocycles. The predicted molar refractivity (Wildman–Crippen MR) is 56.0 cm³/mol. The van der Waals surface area contributed by atoms with Crippen LogP contribution in [0.3, 0.4) is 0 Å². The zero-order valence-corrected chi connectivity index (χ0v) is 9.12. The summed E-state index contributed by atoms with van der Waals surface area (Å²) in [5.41, 5.74) is 4.91. The summed E-state index contributed by atoms with van der Waals surface area (Å²) >= 11 is 0. The molecule has 3 nitrogen and oxygen atoms in total. The van der Waals surface area contributed by atoms with Crippen molar-refractivity contribution in [2.45, 2.75) is 51.5 Å². The first-order valence-electron chi connectivity index (χ1n) is 5.48. The van der Waals surface area contributed by atoms with Crippen LogP contribution in [0.2, 0.25) is 0 Å². The molecule has 0 saturated heterocycles. The van der Waals surface area contributed by atoms with E-state index in [0.717, 1.165) is 19.3 Å². The van der Waals surface area contributed by atoms with E-state index in [1.807, 2.05) is 0 Å². The minimum Gasteiger partial charge on any atom is -0.480 e. The Kier molecular flexibility index (Phi) is 3.53. The van der Waals surface area contributed by atoms with Crippen molar-refractivity contribution in [2.75, 3.05) is 0 Å². The van der Waals surface area contributed by atoms with Crippen LogP contribution in [0.25, 0.3) is 0 Å². The molecule has 0 heterocycles. The van der Waals surface area contributed by atoms with Crippen LogP contribution in [0.1, 0.15) is 46.0 Å². The maximum atomic E-state index is 11.0. The van der Waals surface area contributed by atoms with E-state index in [4.69, 9.17) is 10.8 Å². The molecular formula is C11H21NO2. The summed E-state index contributed by atoms with van der Waals surface area (Å²) in [6.45, 7) is 4.41. The lowest BCUT2D eigenvalue weighted by Gasteiger charge is -2.23. The van der Waals surface area contributed by atoms with Gasteiger partial charge in [-0.1, -0.05) is 26.7 Å². The Bertz CT molecular complexity index is 215. The van der Waals surface area contributed by atoms with Crippen molar-refractivity contribution in [3.63, 3.8) is 0 Å². The molecule has 14 heavy (non-hydrogen) atoms. The fraction of sp³-hybridized carbons (Fsp3) is 0.909. The van der Waals surface area contributed by atoms with E-state index in [2.05, 4.69) is 13.8 Å². The van der Waals surface area contributed by atoms with Crippen molar-refractivity contribution in [3.8, 4) is 0 Å².